The molecule has 0 unspecified atom stereocenters. The molecule has 0 amide bonds. The Morgan fingerprint density at radius 2 is 1.38 bits per heavy atom. The summed E-state index contributed by atoms with van der Waals surface area (Å²) in [7, 11) is 0. The summed E-state index contributed by atoms with van der Waals surface area (Å²) in [6.07, 6.45) is 5.15. The van der Waals surface area contributed by atoms with Crippen molar-refractivity contribution in [2.75, 3.05) is 0 Å². The van der Waals surface area contributed by atoms with Gasteiger partial charge in [0.1, 0.15) is 11.3 Å². The van der Waals surface area contributed by atoms with Crippen LogP contribution in [0.5, 0.6) is 0 Å². The smallest absolute Gasteiger partial charge is 0.323 e. The number of hydrogen-bond acceptors (Lipinski definition) is 4. The van der Waals surface area contributed by atoms with Gasteiger partial charge in [-0.05, 0) is 45.4 Å². The molecule has 0 bridgehead atoms. The van der Waals surface area contributed by atoms with Gasteiger partial charge in [-0.15, -0.1) is 0 Å². The lowest BCUT2D eigenvalue weighted by atomic mass is 9.75. The minimum atomic E-state index is -0.861. The van der Waals surface area contributed by atoms with Gasteiger partial charge in [0, 0.05) is 0 Å². The van der Waals surface area contributed by atoms with Crippen molar-refractivity contribution in [1.82, 2.24) is 0 Å². The van der Waals surface area contributed by atoms with E-state index in [1.54, 1.807) is 6.92 Å². The monoisotopic (exact) mass is 228 g/mol. The second kappa shape index (κ2) is 4.51. The number of rotatable bonds is 2. The fourth-order valence-corrected chi connectivity index (χ4v) is 1.68. The standard InChI is InChI=1S/C6H11NO.C5H9NO2/c1-5(8)6(7)3-2-4-6;6-5(4(7)8)2-1-3-5/h2-4,7H2,1H3;1-3,6H2,(H,7,8). The molecule has 0 spiro atoms. The Bertz CT molecular complexity index is 264. The molecule has 2 saturated carbocycles. The van der Waals surface area contributed by atoms with Crippen LogP contribution >= 0.6 is 0 Å². The predicted octanol–water partition coefficient (Wildman–Crippen LogP) is 0.409. The third-order valence-corrected chi connectivity index (χ3v) is 3.62. The Hall–Kier alpha value is -0.940. The van der Waals surface area contributed by atoms with Gasteiger partial charge in [0.25, 0.3) is 0 Å². The van der Waals surface area contributed by atoms with Crippen LogP contribution in [0, 0.1) is 0 Å². The molecular formula is C11H20N2O3. The number of carbonyl (C=O) groups is 2. The van der Waals surface area contributed by atoms with Crippen LogP contribution in [0.1, 0.15) is 45.4 Å². The summed E-state index contributed by atoms with van der Waals surface area (Å²) in [6, 6.07) is 0. The predicted molar refractivity (Wildman–Crippen MR) is 59.9 cm³/mol. The van der Waals surface area contributed by atoms with Gasteiger partial charge in [-0.25, -0.2) is 0 Å². The Labute approximate surface area is 95.2 Å². The largest absolute Gasteiger partial charge is 0.480 e. The lowest BCUT2D eigenvalue weighted by Crippen LogP contribution is -2.53. The second-order valence-electron chi connectivity index (χ2n) is 4.88. The van der Waals surface area contributed by atoms with E-state index < -0.39 is 17.0 Å². The number of nitrogens with two attached hydrogens (primary N) is 2. The van der Waals surface area contributed by atoms with Gasteiger partial charge in [-0.3, -0.25) is 9.59 Å². The zero-order valence-corrected chi connectivity index (χ0v) is 9.66. The molecule has 16 heavy (non-hydrogen) atoms. The number of carbonyl (C=O) groups excluding carboxylic acids is 1. The first-order chi connectivity index (χ1) is 7.30. The van der Waals surface area contributed by atoms with Gasteiger partial charge in [0.05, 0.1) is 5.54 Å². The highest BCUT2D eigenvalue weighted by molar-refractivity contribution is 5.86. The maximum Gasteiger partial charge on any atom is 0.323 e. The Kier molecular flexibility index (Phi) is 3.70. The van der Waals surface area contributed by atoms with Gasteiger partial charge >= 0.3 is 5.97 Å². The highest BCUT2D eigenvalue weighted by atomic mass is 16.4. The van der Waals surface area contributed by atoms with Gasteiger partial charge < -0.3 is 16.6 Å². The first-order valence-electron chi connectivity index (χ1n) is 5.62. The molecule has 5 heteroatoms. The first-order valence-corrected chi connectivity index (χ1v) is 5.62. The molecule has 92 valence electrons. The molecule has 2 fully saturated rings. The molecule has 0 saturated heterocycles. The van der Waals surface area contributed by atoms with E-state index in [0.29, 0.717) is 12.8 Å². The van der Waals surface area contributed by atoms with Gasteiger partial charge in [-0.1, -0.05) is 0 Å². The van der Waals surface area contributed by atoms with Crippen LogP contribution in [0.3, 0.4) is 0 Å². The summed E-state index contributed by atoms with van der Waals surface area (Å²) in [5.41, 5.74) is 9.66. The Morgan fingerprint density at radius 3 is 1.38 bits per heavy atom. The molecule has 0 radical (unpaired) electrons. The van der Waals surface area contributed by atoms with Crippen LogP contribution in [0.15, 0.2) is 0 Å². The fourth-order valence-electron chi connectivity index (χ4n) is 1.68. The summed E-state index contributed by atoms with van der Waals surface area (Å²) in [4.78, 5) is 20.8. The SMILES string of the molecule is CC(=O)C1(N)CCC1.NC1(C(=O)O)CCC1. The lowest BCUT2D eigenvalue weighted by Gasteiger charge is -2.35. The van der Waals surface area contributed by atoms with Crippen LogP contribution in [0.2, 0.25) is 0 Å². The zero-order chi connectivity index (χ0) is 12.4. The number of aliphatic carboxylic acids is 1. The average molecular weight is 228 g/mol. The third-order valence-electron chi connectivity index (χ3n) is 3.62. The lowest BCUT2D eigenvalue weighted by molar-refractivity contribution is -0.146. The minimum absolute atomic E-state index is 0.142. The molecule has 0 heterocycles. The molecule has 0 aromatic carbocycles. The van der Waals surface area contributed by atoms with E-state index in [2.05, 4.69) is 0 Å². The van der Waals surface area contributed by atoms with Crippen molar-refractivity contribution in [3.8, 4) is 0 Å². The summed E-state index contributed by atoms with van der Waals surface area (Å²) in [6.45, 7) is 1.57. The van der Waals surface area contributed by atoms with E-state index in [0.717, 1.165) is 25.7 Å². The highest BCUT2D eigenvalue weighted by Gasteiger charge is 2.40. The summed E-state index contributed by atoms with van der Waals surface area (Å²) >= 11 is 0. The molecule has 2 rings (SSSR count). The van der Waals surface area contributed by atoms with Crippen LogP contribution < -0.4 is 11.5 Å². The summed E-state index contributed by atoms with van der Waals surface area (Å²) in [5.74, 6) is -0.715. The summed E-state index contributed by atoms with van der Waals surface area (Å²) in [5, 5.41) is 8.37. The zero-order valence-electron chi connectivity index (χ0n) is 9.66. The number of hydrogen-bond donors (Lipinski definition) is 3. The van der Waals surface area contributed by atoms with E-state index in [9.17, 15) is 9.59 Å². The van der Waals surface area contributed by atoms with Gasteiger partial charge in [-0.2, -0.15) is 0 Å². The van der Waals surface area contributed by atoms with Crippen LogP contribution in [-0.4, -0.2) is 27.9 Å². The Balaban J connectivity index is 0.000000160. The van der Waals surface area contributed by atoms with Crippen LogP contribution in [-0.2, 0) is 9.59 Å². The Morgan fingerprint density at radius 1 is 1.00 bits per heavy atom. The first kappa shape index (κ1) is 13.1. The van der Waals surface area contributed by atoms with Crippen molar-refractivity contribution in [2.24, 2.45) is 11.5 Å². The molecule has 0 aliphatic heterocycles. The van der Waals surface area contributed by atoms with Crippen molar-refractivity contribution in [3.05, 3.63) is 0 Å². The quantitative estimate of drug-likeness (QED) is 0.634. The molecular weight excluding hydrogens is 208 g/mol. The number of carboxylic acids is 1. The van der Waals surface area contributed by atoms with E-state index in [4.69, 9.17) is 16.6 Å². The molecule has 5 N–H and O–H groups in total. The molecule has 0 aromatic rings. The van der Waals surface area contributed by atoms with Gasteiger partial charge in [0.2, 0.25) is 0 Å². The summed E-state index contributed by atoms with van der Waals surface area (Å²) < 4.78 is 0. The molecule has 2 aliphatic carbocycles. The van der Waals surface area contributed by atoms with E-state index in [1.807, 2.05) is 0 Å². The van der Waals surface area contributed by atoms with Crippen molar-refractivity contribution >= 4 is 11.8 Å². The van der Waals surface area contributed by atoms with Crippen molar-refractivity contribution in [1.29, 1.82) is 0 Å². The molecule has 0 aromatic heterocycles. The molecule has 2 aliphatic rings. The molecule has 5 nitrogen and oxygen atoms in total. The van der Waals surface area contributed by atoms with Crippen LogP contribution in [0.4, 0.5) is 0 Å². The topological polar surface area (TPSA) is 106 Å². The average Bonchev–Trinajstić information content (AvgIpc) is 2.10. The second-order valence-corrected chi connectivity index (χ2v) is 4.88. The highest BCUT2D eigenvalue weighted by Crippen LogP contribution is 2.29. The minimum Gasteiger partial charge on any atom is -0.480 e. The number of ketones is 1. The number of Topliss-reactive ketones (excluding diaryl/α,β-unsaturated/α-hetero) is 1. The van der Waals surface area contributed by atoms with Gasteiger partial charge in [0.15, 0.2) is 0 Å². The van der Waals surface area contributed by atoms with Crippen molar-refractivity contribution < 1.29 is 14.7 Å². The van der Waals surface area contributed by atoms with Crippen molar-refractivity contribution in [3.63, 3.8) is 0 Å². The van der Waals surface area contributed by atoms with E-state index >= 15 is 0 Å². The maximum atomic E-state index is 10.6. The fraction of sp³-hybridized carbons (Fsp3) is 0.818. The van der Waals surface area contributed by atoms with E-state index in [-0.39, 0.29) is 5.78 Å². The van der Waals surface area contributed by atoms with E-state index in [1.165, 1.54) is 0 Å². The molecule has 0 atom stereocenters. The number of carboxylic acid groups (broad SMARTS) is 1. The third kappa shape index (κ3) is 2.59. The van der Waals surface area contributed by atoms with Crippen molar-refractivity contribution in [2.45, 2.75) is 56.5 Å². The normalized spacial score (nSPS) is 24.2. The maximum absolute atomic E-state index is 10.6. The van der Waals surface area contributed by atoms with Crippen LogP contribution in [0.25, 0.3) is 0 Å².